The smallest absolute Gasteiger partial charge is 0.303 e. The van der Waals surface area contributed by atoms with Crippen LogP contribution in [0.1, 0.15) is 72.1 Å². The number of aliphatic hydroxyl groups excluding tert-OH is 2. The first-order valence-corrected chi connectivity index (χ1v) is 8.82. The summed E-state index contributed by atoms with van der Waals surface area (Å²) in [5.74, 6) is -0.746. The van der Waals surface area contributed by atoms with Crippen molar-refractivity contribution in [3.63, 3.8) is 0 Å². The van der Waals surface area contributed by atoms with Gasteiger partial charge in [0.25, 0.3) is 0 Å². The van der Waals surface area contributed by atoms with Crippen molar-refractivity contribution in [3.8, 4) is 0 Å². The van der Waals surface area contributed by atoms with Crippen LogP contribution in [0.3, 0.4) is 0 Å². The van der Waals surface area contributed by atoms with Crippen molar-refractivity contribution < 1.29 is 20.1 Å². The Morgan fingerprint density at radius 2 is 1.25 bits per heavy atom. The van der Waals surface area contributed by atoms with Crippen LogP contribution in [-0.2, 0) is 4.79 Å². The van der Waals surface area contributed by atoms with Crippen molar-refractivity contribution in [2.45, 2.75) is 78.2 Å². The van der Waals surface area contributed by atoms with Crippen LogP contribution in [0.4, 0.5) is 0 Å². The summed E-state index contributed by atoms with van der Waals surface area (Å²) in [6.45, 7) is 6.09. The molecular weight excluding hydrogens is 304 g/mol. The van der Waals surface area contributed by atoms with Gasteiger partial charge in [0.15, 0.2) is 0 Å². The van der Waals surface area contributed by atoms with Gasteiger partial charge in [0.05, 0.1) is 12.7 Å². The lowest BCUT2D eigenvalue weighted by atomic mass is 10.0. The number of carboxylic acid groups (broad SMARTS) is 1. The van der Waals surface area contributed by atoms with Crippen molar-refractivity contribution in [2.24, 2.45) is 0 Å². The predicted molar refractivity (Wildman–Crippen MR) is 98.9 cm³/mol. The first-order valence-electron chi connectivity index (χ1n) is 8.82. The Bertz CT molecular complexity index is 447. The molecule has 0 amide bonds. The molecule has 0 saturated heterocycles. The average Bonchev–Trinajstić information content (AvgIpc) is 2.52. The summed E-state index contributed by atoms with van der Waals surface area (Å²) in [6, 6.07) is 0. The first kappa shape index (κ1) is 22.6. The Morgan fingerprint density at radius 3 is 1.67 bits per heavy atom. The molecule has 0 aromatic carbocycles. The monoisotopic (exact) mass is 338 g/mol. The predicted octanol–water partition coefficient (Wildman–Crippen LogP) is 4.38. The number of aliphatic carboxylic acids is 1. The maximum atomic E-state index is 10.5. The van der Waals surface area contributed by atoms with Gasteiger partial charge in [0, 0.05) is 6.42 Å². The van der Waals surface area contributed by atoms with Crippen LogP contribution in [0.5, 0.6) is 0 Å². The van der Waals surface area contributed by atoms with Gasteiger partial charge in [-0.15, -0.1) is 0 Å². The van der Waals surface area contributed by atoms with Gasteiger partial charge in [-0.25, -0.2) is 0 Å². The maximum Gasteiger partial charge on any atom is 0.303 e. The molecule has 0 bridgehead atoms. The normalized spacial score (nSPS) is 14.8. The molecule has 0 aliphatic carbocycles. The summed E-state index contributed by atoms with van der Waals surface area (Å²) >= 11 is 0. The van der Waals surface area contributed by atoms with E-state index in [0.29, 0.717) is 12.8 Å². The number of carboxylic acids is 1. The third-order valence-electron chi connectivity index (χ3n) is 4.00. The third kappa shape index (κ3) is 14.2. The quantitative estimate of drug-likeness (QED) is 0.435. The van der Waals surface area contributed by atoms with Gasteiger partial charge in [-0.3, -0.25) is 4.79 Å². The standard InChI is InChI=1S/C20H34O4/c1-16(7-4-8-17(2)11-6-12-20(23)24)9-5-10-18(3)13-14-19(22)15-21/h7,10-11,19,21-22H,4-6,8-9,12-15H2,1-3H3,(H,23,24). The summed E-state index contributed by atoms with van der Waals surface area (Å²) in [4.78, 5) is 10.5. The topological polar surface area (TPSA) is 77.8 Å². The molecule has 4 heteroatoms. The SMILES string of the molecule is CC(=CCCC(=O)O)CCC=C(C)CCC=C(C)CCC(O)CO. The molecule has 0 radical (unpaired) electrons. The molecular formula is C20H34O4. The van der Waals surface area contributed by atoms with Gasteiger partial charge in [-0.1, -0.05) is 34.9 Å². The van der Waals surface area contributed by atoms with E-state index in [2.05, 4.69) is 32.9 Å². The lowest BCUT2D eigenvalue weighted by Gasteiger charge is -2.07. The Balaban J connectivity index is 3.96. The summed E-state index contributed by atoms with van der Waals surface area (Å²) in [7, 11) is 0. The van der Waals surface area contributed by atoms with Gasteiger partial charge in [0.2, 0.25) is 0 Å². The van der Waals surface area contributed by atoms with Crippen molar-refractivity contribution >= 4 is 5.97 Å². The van der Waals surface area contributed by atoms with Crippen molar-refractivity contribution in [3.05, 3.63) is 34.9 Å². The minimum atomic E-state index is -0.746. The zero-order valence-corrected chi connectivity index (χ0v) is 15.4. The largest absolute Gasteiger partial charge is 0.481 e. The van der Waals surface area contributed by atoms with Gasteiger partial charge >= 0.3 is 5.97 Å². The molecule has 0 aliphatic heterocycles. The molecule has 1 atom stereocenters. The molecule has 138 valence electrons. The number of rotatable bonds is 13. The molecule has 0 spiro atoms. The van der Waals surface area contributed by atoms with Gasteiger partial charge in [-0.2, -0.15) is 0 Å². The zero-order chi connectivity index (χ0) is 18.4. The fourth-order valence-corrected chi connectivity index (χ4v) is 2.33. The van der Waals surface area contributed by atoms with Crippen LogP contribution in [0, 0.1) is 0 Å². The summed E-state index contributed by atoms with van der Waals surface area (Å²) in [6.07, 6.45) is 12.1. The highest BCUT2D eigenvalue weighted by Gasteiger charge is 2.01. The Hall–Kier alpha value is -1.39. The van der Waals surface area contributed by atoms with Crippen molar-refractivity contribution in [1.29, 1.82) is 0 Å². The Labute approximate surface area is 146 Å². The fraction of sp³-hybridized carbons (Fsp3) is 0.650. The minimum Gasteiger partial charge on any atom is -0.481 e. The molecule has 1 unspecified atom stereocenters. The molecule has 3 N–H and O–H groups in total. The zero-order valence-electron chi connectivity index (χ0n) is 15.4. The van der Waals surface area contributed by atoms with E-state index in [4.69, 9.17) is 10.2 Å². The second kappa shape index (κ2) is 14.0. The Kier molecular flexibility index (Phi) is 13.2. The van der Waals surface area contributed by atoms with Crippen molar-refractivity contribution in [2.75, 3.05) is 6.61 Å². The van der Waals surface area contributed by atoms with E-state index in [1.807, 2.05) is 6.08 Å². The molecule has 0 aromatic rings. The van der Waals surface area contributed by atoms with Crippen LogP contribution in [0.25, 0.3) is 0 Å². The minimum absolute atomic E-state index is 0.167. The van der Waals surface area contributed by atoms with E-state index in [1.54, 1.807) is 0 Å². The third-order valence-corrected chi connectivity index (χ3v) is 4.00. The van der Waals surface area contributed by atoms with Crippen LogP contribution >= 0.6 is 0 Å². The highest BCUT2D eigenvalue weighted by atomic mass is 16.4. The molecule has 24 heavy (non-hydrogen) atoms. The molecule has 0 aliphatic rings. The van der Waals surface area contributed by atoms with E-state index in [0.717, 1.165) is 32.1 Å². The fourth-order valence-electron chi connectivity index (χ4n) is 2.33. The second-order valence-corrected chi connectivity index (χ2v) is 6.54. The number of carbonyl (C=O) groups is 1. The summed E-state index contributed by atoms with van der Waals surface area (Å²) in [5, 5.41) is 26.7. The number of hydrogen-bond acceptors (Lipinski definition) is 3. The maximum absolute atomic E-state index is 10.5. The lowest BCUT2D eigenvalue weighted by molar-refractivity contribution is -0.136. The van der Waals surface area contributed by atoms with Crippen LogP contribution in [0.15, 0.2) is 34.9 Å². The molecule has 0 aromatic heterocycles. The van der Waals surface area contributed by atoms with E-state index < -0.39 is 12.1 Å². The second-order valence-electron chi connectivity index (χ2n) is 6.54. The van der Waals surface area contributed by atoms with E-state index in [1.165, 1.54) is 16.7 Å². The number of allylic oxidation sites excluding steroid dienone is 6. The molecule has 0 heterocycles. The van der Waals surface area contributed by atoms with E-state index >= 15 is 0 Å². The van der Waals surface area contributed by atoms with Crippen LogP contribution in [-0.4, -0.2) is 34.0 Å². The van der Waals surface area contributed by atoms with Gasteiger partial charge in [0.1, 0.15) is 0 Å². The lowest BCUT2D eigenvalue weighted by Crippen LogP contribution is -2.11. The van der Waals surface area contributed by atoms with Gasteiger partial charge < -0.3 is 15.3 Å². The highest BCUT2D eigenvalue weighted by molar-refractivity contribution is 5.66. The molecule has 4 nitrogen and oxygen atoms in total. The molecule has 0 saturated carbocycles. The molecule has 0 fully saturated rings. The summed E-state index contributed by atoms with van der Waals surface area (Å²) in [5.41, 5.74) is 3.87. The summed E-state index contributed by atoms with van der Waals surface area (Å²) < 4.78 is 0. The number of hydrogen-bond donors (Lipinski definition) is 3. The first-order chi connectivity index (χ1) is 11.3. The molecule has 0 rings (SSSR count). The van der Waals surface area contributed by atoms with Crippen LogP contribution in [0.2, 0.25) is 0 Å². The number of aliphatic hydroxyl groups is 2. The van der Waals surface area contributed by atoms with Crippen LogP contribution < -0.4 is 0 Å². The van der Waals surface area contributed by atoms with E-state index in [9.17, 15) is 9.90 Å². The average molecular weight is 338 g/mol. The Morgan fingerprint density at radius 1 is 0.833 bits per heavy atom. The van der Waals surface area contributed by atoms with Crippen molar-refractivity contribution in [1.82, 2.24) is 0 Å². The van der Waals surface area contributed by atoms with E-state index in [-0.39, 0.29) is 13.0 Å². The van der Waals surface area contributed by atoms with Gasteiger partial charge in [-0.05, 0) is 65.7 Å². The highest BCUT2D eigenvalue weighted by Crippen LogP contribution is 2.14.